The molecule has 2 heterocycles. The minimum atomic E-state index is 0.478. The molecule has 1 aliphatic heterocycles. The van der Waals surface area contributed by atoms with Crippen LogP contribution in [0.1, 0.15) is 51.3 Å². The zero-order chi connectivity index (χ0) is 12.8. The molecule has 102 valence electrons. The Morgan fingerprint density at radius 2 is 2.39 bits per heavy atom. The van der Waals surface area contributed by atoms with Gasteiger partial charge >= 0.3 is 0 Å². The molecule has 0 radical (unpaired) electrons. The Hall–Kier alpha value is -0.480. The van der Waals surface area contributed by atoms with Crippen LogP contribution in [0, 0.1) is 0 Å². The molecule has 2 atom stereocenters. The van der Waals surface area contributed by atoms with Crippen molar-refractivity contribution in [2.24, 2.45) is 0 Å². The van der Waals surface area contributed by atoms with E-state index in [1.165, 1.54) is 30.7 Å². The lowest BCUT2D eigenvalue weighted by molar-refractivity contribution is 0.453. The second-order valence-corrected chi connectivity index (χ2v) is 6.31. The summed E-state index contributed by atoms with van der Waals surface area (Å²) in [6.45, 7) is 6.57. The smallest absolute Gasteiger partial charge is 0.0612 e. The maximum absolute atomic E-state index is 4.47. The lowest BCUT2D eigenvalue weighted by atomic mass is 10.1. The van der Waals surface area contributed by atoms with E-state index in [1.54, 1.807) is 0 Å². The predicted octanol–water partition coefficient (Wildman–Crippen LogP) is 3.23. The van der Waals surface area contributed by atoms with Crippen LogP contribution < -0.4 is 5.32 Å². The van der Waals surface area contributed by atoms with E-state index in [2.05, 4.69) is 46.8 Å². The summed E-state index contributed by atoms with van der Waals surface area (Å²) in [4.78, 5) is 0. The Morgan fingerprint density at radius 1 is 1.50 bits per heavy atom. The number of nitrogens with one attached hydrogen (secondary N) is 1. The molecule has 0 amide bonds. The van der Waals surface area contributed by atoms with Crippen molar-refractivity contribution < 1.29 is 0 Å². The van der Waals surface area contributed by atoms with Crippen molar-refractivity contribution in [2.75, 3.05) is 12.3 Å². The van der Waals surface area contributed by atoms with Crippen LogP contribution in [0.4, 0.5) is 0 Å². The zero-order valence-corrected chi connectivity index (χ0v) is 12.4. The molecule has 0 aromatic carbocycles. The minimum Gasteiger partial charge on any atom is -0.308 e. The third-order valence-electron chi connectivity index (χ3n) is 3.45. The van der Waals surface area contributed by atoms with Crippen LogP contribution in [0.15, 0.2) is 12.3 Å². The van der Waals surface area contributed by atoms with E-state index in [4.69, 9.17) is 0 Å². The fourth-order valence-electron chi connectivity index (χ4n) is 2.60. The Kier molecular flexibility index (Phi) is 5.57. The second-order valence-electron chi connectivity index (χ2n) is 4.96. The third kappa shape index (κ3) is 3.29. The van der Waals surface area contributed by atoms with Crippen molar-refractivity contribution >= 4 is 11.8 Å². The highest BCUT2D eigenvalue weighted by atomic mass is 32.2. The molecule has 1 saturated heterocycles. The largest absolute Gasteiger partial charge is 0.308 e. The third-order valence-corrected chi connectivity index (χ3v) is 4.91. The molecule has 18 heavy (non-hydrogen) atoms. The van der Waals surface area contributed by atoms with Gasteiger partial charge in [0.15, 0.2) is 0 Å². The lowest BCUT2D eigenvalue weighted by Crippen LogP contribution is -2.31. The summed E-state index contributed by atoms with van der Waals surface area (Å²) in [6.07, 6.45) is 6.99. The molecule has 2 unspecified atom stereocenters. The monoisotopic (exact) mass is 267 g/mol. The van der Waals surface area contributed by atoms with Crippen LogP contribution in [-0.4, -0.2) is 27.3 Å². The van der Waals surface area contributed by atoms with Crippen molar-refractivity contribution in [3.8, 4) is 0 Å². The Labute approximate surface area is 115 Å². The van der Waals surface area contributed by atoms with Crippen molar-refractivity contribution in [1.29, 1.82) is 0 Å². The normalized spacial score (nSPS) is 21.3. The van der Waals surface area contributed by atoms with E-state index in [-0.39, 0.29) is 0 Å². The Morgan fingerprint density at radius 3 is 3.06 bits per heavy atom. The van der Waals surface area contributed by atoms with E-state index in [0.717, 1.165) is 24.8 Å². The van der Waals surface area contributed by atoms with E-state index in [0.29, 0.717) is 6.04 Å². The molecule has 0 spiro atoms. The van der Waals surface area contributed by atoms with Crippen LogP contribution in [0.3, 0.4) is 0 Å². The van der Waals surface area contributed by atoms with Crippen LogP contribution in [-0.2, 0) is 6.54 Å². The molecule has 2 rings (SSSR count). The fourth-order valence-corrected chi connectivity index (χ4v) is 4.00. The Balaban J connectivity index is 2.12. The van der Waals surface area contributed by atoms with Crippen LogP contribution in [0.25, 0.3) is 0 Å². The van der Waals surface area contributed by atoms with Gasteiger partial charge in [0.2, 0.25) is 0 Å². The van der Waals surface area contributed by atoms with Gasteiger partial charge in [0.25, 0.3) is 0 Å². The van der Waals surface area contributed by atoms with E-state index >= 15 is 0 Å². The average molecular weight is 267 g/mol. The number of hydrogen-bond acceptors (Lipinski definition) is 3. The first-order valence-electron chi connectivity index (χ1n) is 7.23. The highest BCUT2D eigenvalue weighted by Crippen LogP contribution is 2.35. The van der Waals surface area contributed by atoms with Crippen LogP contribution in [0.5, 0.6) is 0 Å². The van der Waals surface area contributed by atoms with Gasteiger partial charge in [-0.25, -0.2) is 0 Å². The predicted molar refractivity (Wildman–Crippen MR) is 79.0 cm³/mol. The standard InChI is InChI=1S/C14H25N3S/c1-3-8-15-14(13-6-5-11-18-13)12-7-9-16-17(12)10-4-2/h7,9,13-15H,3-6,8,10-11H2,1-2H3. The summed E-state index contributed by atoms with van der Waals surface area (Å²) in [5.74, 6) is 1.32. The van der Waals surface area contributed by atoms with Gasteiger partial charge in [0.05, 0.1) is 11.7 Å². The number of thioether (sulfide) groups is 1. The molecule has 1 aromatic rings. The van der Waals surface area contributed by atoms with Gasteiger partial charge in [-0.2, -0.15) is 16.9 Å². The van der Waals surface area contributed by atoms with Crippen LogP contribution in [0.2, 0.25) is 0 Å². The van der Waals surface area contributed by atoms with Crippen LogP contribution >= 0.6 is 11.8 Å². The van der Waals surface area contributed by atoms with E-state index in [1.807, 2.05) is 6.20 Å². The maximum Gasteiger partial charge on any atom is 0.0612 e. The zero-order valence-electron chi connectivity index (χ0n) is 11.6. The topological polar surface area (TPSA) is 29.9 Å². The van der Waals surface area contributed by atoms with Gasteiger partial charge in [0, 0.05) is 18.0 Å². The average Bonchev–Trinajstić information content (AvgIpc) is 3.02. The molecule has 1 N–H and O–H groups in total. The van der Waals surface area contributed by atoms with Gasteiger partial charge in [-0.3, -0.25) is 4.68 Å². The van der Waals surface area contributed by atoms with E-state index < -0.39 is 0 Å². The molecule has 4 heteroatoms. The van der Waals surface area contributed by atoms with Crippen molar-refractivity contribution in [3.05, 3.63) is 18.0 Å². The van der Waals surface area contributed by atoms with Gasteiger partial charge in [-0.05, 0) is 44.0 Å². The maximum atomic E-state index is 4.47. The minimum absolute atomic E-state index is 0.478. The summed E-state index contributed by atoms with van der Waals surface area (Å²) in [5.41, 5.74) is 1.38. The summed E-state index contributed by atoms with van der Waals surface area (Å²) in [5, 5.41) is 8.93. The number of rotatable bonds is 7. The molecule has 1 aromatic heterocycles. The highest BCUT2D eigenvalue weighted by molar-refractivity contribution is 8.00. The number of hydrogen-bond donors (Lipinski definition) is 1. The molecule has 0 bridgehead atoms. The Bertz CT molecular complexity index is 345. The molecule has 1 aliphatic rings. The van der Waals surface area contributed by atoms with Crippen molar-refractivity contribution in [3.63, 3.8) is 0 Å². The van der Waals surface area contributed by atoms with Gasteiger partial charge < -0.3 is 5.32 Å². The molecule has 1 fully saturated rings. The number of nitrogens with zero attached hydrogens (tertiary/aromatic N) is 2. The fraction of sp³-hybridized carbons (Fsp3) is 0.786. The summed E-state index contributed by atoms with van der Waals surface area (Å²) in [7, 11) is 0. The highest BCUT2D eigenvalue weighted by Gasteiger charge is 2.28. The molecule has 0 aliphatic carbocycles. The first kappa shape index (κ1) is 13.9. The molecular formula is C14H25N3S. The second kappa shape index (κ2) is 7.19. The molecular weight excluding hydrogens is 242 g/mol. The molecule has 0 saturated carbocycles. The van der Waals surface area contributed by atoms with Gasteiger partial charge in [0.1, 0.15) is 0 Å². The number of aromatic nitrogens is 2. The lowest BCUT2D eigenvalue weighted by Gasteiger charge is -2.25. The van der Waals surface area contributed by atoms with Gasteiger partial charge in [-0.15, -0.1) is 0 Å². The summed E-state index contributed by atoms with van der Waals surface area (Å²) in [6, 6.07) is 2.67. The molecule has 3 nitrogen and oxygen atoms in total. The van der Waals surface area contributed by atoms with Crippen molar-refractivity contribution in [2.45, 2.75) is 57.4 Å². The van der Waals surface area contributed by atoms with E-state index in [9.17, 15) is 0 Å². The summed E-state index contributed by atoms with van der Waals surface area (Å²) < 4.78 is 2.19. The summed E-state index contributed by atoms with van der Waals surface area (Å²) >= 11 is 2.12. The SMILES string of the molecule is CCCNC(c1ccnn1CCC)C1CCCS1. The first-order chi connectivity index (χ1) is 8.86. The van der Waals surface area contributed by atoms with Gasteiger partial charge in [-0.1, -0.05) is 13.8 Å². The first-order valence-corrected chi connectivity index (χ1v) is 8.28. The quantitative estimate of drug-likeness (QED) is 0.822. The van der Waals surface area contributed by atoms with Crippen molar-refractivity contribution in [1.82, 2.24) is 15.1 Å². The number of aryl methyl sites for hydroxylation is 1.